The van der Waals surface area contributed by atoms with Crippen LogP contribution in [0.15, 0.2) is 18.3 Å². The zero-order valence-corrected chi connectivity index (χ0v) is 9.58. The molecule has 5 heteroatoms. The summed E-state index contributed by atoms with van der Waals surface area (Å²) in [4.78, 5) is 5.76. The van der Waals surface area contributed by atoms with Gasteiger partial charge >= 0.3 is 0 Å². The number of alkyl halides is 2. The van der Waals surface area contributed by atoms with Gasteiger partial charge in [-0.2, -0.15) is 0 Å². The second-order valence-corrected chi connectivity index (χ2v) is 3.63. The summed E-state index contributed by atoms with van der Waals surface area (Å²) in [6.07, 6.45) is -0.613. The van der Waals surface area contributed by atoms with E-state index in [0.717, 1.165) is 17.9 Å². The summed E-state index contributed by atoms with van der Waals surface area (Å²) in [5.74, 6) is 0.770. The van der Waals surface area contributed by atoms with Crippen LogP contribution in [0.1, 0.15) is 12.5 Å². The smallest absolute Gasteiger partial charge is 0.251 e. The molecule has 0 atom stereocenters. The number of anilines is 1. The lowest BCUT2D eigenvalue weighted by molar-refractivity contribution is 0.0976. The molecule has 0 aliphatic carbocycles. The van der Waals surface area contributed by atoms with Crippen molar-refractivity contribution in [2.24, 2.45) is 0 Å². The van der Waals surface area contributed by atoms with Crippen molar-refractivity contribution < 1.29 is 8.78 Å². The topological polar surface area (TPSA) is 28.2 Å². The van der Waals surface area contributed by atoms with Crippen molar-refractivity contribution in [2.45, 2.75) is 19.9 Å². The van der Waals surface area contributed by atoms with Crippen LogP contribution in [0.2, 0.25) is 0 Å². The SMILES string of the molecule is CCNc1ncccc1CN(C)CC(F)F. The number of rotatable bonds is 6. The third-order valence-electron chi connectivity index (χ3n) is 2.13. The van der Waals surface area contributed by atoms with Crippen LogP contribution in [0.4, 0.5) is 14.6 Å². The van der Waals surface area contributed by atoms with E-state index in [-0.39, 0.29) is 6.54 Å². The molecule has 0 bridgehead atoms. The highest BCUT2D eigenvalue weighted by Gasteiger charge is 2.10. The number of nitrogens with zero attached hydrogens (tertiary/aromatic N) is 2. The highest BCUT2D eigenvalue weighted by atomic mass is 19.3. The summed E-state index contributed by atoms with van der Waals surface area (Å²) < 4.78 is 24.3. The molecule has 0 unspecified atom stereocenters. The van der Waals surface area contributed by atoms with Crippen LogP contribution in [-0.2, 0) is 6.54 Å². The van der Waals surface area contributed by atoms with Gasteiger partial charge in [0.15, 0.2) is 0 Å². The van der Waals surface area contributed by atoms with E-state index in [1.54, 1.807) is 18.1 Å². The minimum Gasteiger partial charge on any atom is -0.370 e. The molecule has 90 valence electrons. The number of nitrogens with one attached hydrogen (secondary N) is 1. The molecule has 1 aromatic rings. The molecule has 0 saturated heterocycles. The number of halogens is 2. The maximum Gasteiger partial charge on any atom is 0.251 e. The molecular weight excluding hydrogens is 212 g/mol. The molecule has 1 aromatic heterocycles. The summed E-state index contributed by atoms with van der Waals surface area (Å²) in [5, 5.41) is 3.11. The summed E-state index contributed by atoms with van der Waals surface area (Å²) in [6.45, 7) is 2.99. The molecule has 0 aliphatic heterocycles. The molecule has 1 heterocycles. The molecule has 1 rings (SSSR count). The fourth-order valence-electron chi connectivity index (χ4n) is 1.48. The standard InChI is InChI=1S/C11H17F2N3/c1-3-14-11-9(5-4-6-15-11)7-16(2)8-10(12)13/h4-6,10H,3,7-8H2,1-2H3,(H,14,15). The Morgan fingerprint density at radius 1 is 1.50 bits per heavy atom. The van der Waals surface area contributed by atoms with Gasteiger partial charge in [-0.25, -0.2) is 13.8 Å². The van der Waals surface area contributed by atoms with Gasteiger partial charge in [-0.05, 0) is 20.0 Å². The van der Waals surface area contributed by atoms with Crippen LogP contribution >= 0.6 is 0 Å². The Morgan fingerprint density at radius 2 is 2.25 bits per heavy atom. The highest BCUT2D eigenvalue weighted by molar-refractivity contribution is 5.43. The quantitative estimate of drug-likeness (QED) is 0.810. The van der Waals surface area contributed by atoms with Crippen LogP contribution in [0, 0.1) is 0 Å². The minimum atomic E-state index is -2.30. The predicted octanol–water partition coefficient (Wildman–Crippen LogP) is 2.21. The molecule has 0 saturated carbocycles. The van der Waals surface area contributed by atoms with Gasteiger partial charge in [-0.15, -0.1) is 0 Å². The first-order valence-electron chi connectivity index (χ1n) is 5.28. The van der Waals surface area contributed by atoms with E-state index in [1.165, 1.54) is 0 Å². The van der Waals surface area contributed by atoms with E-state index < -0.39 is 6.43 Å². The molecule has 3 nitrogen and oxygen atoms in total. The Labute approximate surface area is 94.5 Å². The van der Waals surface area contributed by atoms with E-state index in [0.29, 0.717) is 6.54 Å². The van der Waals surface area contributed by atoms with Gasteiger partial charge in [-0.3, -0.25) is 4.90 Å². The summed E-state index contributed by atoms with van der Waals surface area (Å²) in [7, 11) is 1.68. The van der Waals surface area contributed by atoms with Gasteiger partial charge < -0.3 is 5.32 Å². The zero-order valence-electron chi connectivity index (χ0n) is 9.58. The summed E-state index contributed by atoms with van der Waals surface area (Å²) >= 11 is 0. The molecule has 16 heavy (non-hydrogen) atoms. The lowest BCUT2D eigenvalue weighted by Crippen LogP contribution is -2.24. The van der Waals surface area contributed by atoms with Gasteiger partial charge in [0.05, 0.1) is 6.54 Å². The first-order chi connectivity index (χ1) is 7.63. The van der Waals surface area contributed by atoms with Crippen molar-refractivity contribution in [3.8, 4) is 0 Å². The normalized spacial score (nSPS) is 11.1. The predicted molar refractivity (Wildman–Crippen MR) is 60.7 cm³/mol. The second-order valence-electron chi connectivity index (χ2n) is 3.63. The molecule has 0 amide bonds. The number of pyridine rings is 1. The van der Waals surface area contributed by atoms with Crippen LogP contribution < -0.4 is 5.32 Å². The van der Waals surface area contributed by atoms with Crippen molar-refractivity contribution in [3.63, 3.8) is 0 Å². The monoisotopic (exact) mass is 229 g/mol. The van der Waals surface area contributed by atoms with Crippen molar-refractivity contribution in [3.05, 3.63) is 23.9 Å². The average Bonchev–Trinajstić information content (AvgIpc) is 2.20. The Kier molecular flexibility index (Phi) is 5.11. The van der Waals surface area contributed by atoms with Crippen LogP contribution in [0.5, 0.6) is 0 Å². The van der Waals surface area contributed by atoms with E-state index >= 15 is 0 Å². The molecule has 0 aliphatic rings. The Hall–Kier alpha value is -1.23. The third kappa shape index (κ3) is 4.10. The fourth-order valence-corrected chi connectivity index (χ4v) is 1.48. The average molecular weight is 229 g/mol. The van der Waals surface area contributed by atoms with Crippen molar-refractivity contribution in [1.82, 2.24) is 9.88 Å². The fraction of sp³-hybridized carbons (Fsp3) is 0.545. The maximum absolute atomic E-state index is 12.2. The van der Waals surface area contributed by atoms with Gasteiger partial charge in [0.2, 0.25) is 0 Å². The number of hydrogen-bond donors (Lipinski definition) is 1. The van der Waals surface area contributed by atoms with E-state index in [9.17, 15) is 8.78 Å². The van der Waals surface area contributed by atoms with Crippen molar-refractivity contribution in [2.75, 3.05) is 25.5 Å². The van der Waals surface area contributed by atoms with Crippen LogP contribution in [0.25, 0.3) is 0 Å². The summed E-state index contributed by atoms with van der Waals surface area (Å²) in [5.41, 5.74) is 0.938. The zero-order chi connectivity index (χ0) is 12.0. The lowest BCUT2D eigenvalue weighted by atomic mass is 10.2. The van der Waals surface area contributed by atoms with E-state index in [4.69, 9.17) is 0 Å². The first kappa shape index (κ1) is 12.8. The Balaban J connectivity index is 2.64. The molecular formula is C11H17F2N3. The maximum atomic E-state index is 12.2. The Bertz CT molecular complexity index is 318. The Morgan fingerprint density at radius 3 is 2.88 bits per heavy atom. The van der Waals surface area contributed by atoms with Gasteiger partial charge in [0.25, 0.3) is 6.43 Å². The number of hydrogen-bond acceptors (Lipinski definition) is 3. The van der Waals surface area contributed by atoms with Crippen molar-refractivity contribution >= 4 is 5.82 Å². The van der Waals surface area contributed by atoms with E-state index in [2.05, 4.69) is 10.3 Å². The van der Waals surface area contributed by atoms with Gasteiger partial charge in [0, 0.05) is 24.8 Å². The second kappa shape index (κ2) is 6.37. The largest absolute Gasteiger partial charge is 0.370 e. The van der Waals surface area contributed by atoms with Crippen LogP contribution in [0.3, 0.4) is 0 Å². The first-order valence-corrected chi connectivity index (χ1v) is 5.28. The van der Waals surface area contributed by atoms with E-state index in [1.807, 2.05) is 19.1 Å². The van der Waals surface area contributed by atoms with Gasteiger partial charge in [-0.1, -0.05) is 6.07 Å². The summed E-state index contributed by atoms with van der Waals surface area (Å²) in [6, 6.07) is 3.71. The molecule has 1 N–H and O–H groups in total. The third-order valence-corrected chi connectivity index (χ3v) is 2.13. The number of aromatic nitrogens is 1. The molecule has 0 aromatic carbocycles. The minimum absolute atomic E-state index is 0.222. The van der Waals surface area contributed by atoms with Gasteiger partial charge in [0.1, 0.15) is 5.82 Å². The van der Waals surface area contributed by atoms with Crippen molar-refractivity contribution in [1.29, 1.82) is 0 Å². The van der Waals surface area contributed by atoms with Crippen LogP contribution in [-0.4, -0.2) is 36.4 Å². The molecule has 0 spiro atoms. The highest BCUT2D eigenvalue weighted by Crippen LogP contribution is 2.13. The molecule has 0 fully saturated rings. The molecule has 0 radical (unpaired) electrons. The lowest BCUT2D eigenvalue weighted by Gasteiger charge is -2.17.